The van der Waals surface area contributed by atoms with E-state index < -0.39 is 0 Å². The molecule has 0 rings (SSSR count). The number of nitriles is 1. The van der Waals surface area contributed by atoms with Crippen LogP contribution in [0.1, 0.15) is 33.6 Å². The average Bonchev–Trinajstić information content (AvgIpc) is 2.00. The van der Waals surface area contributed by atoms with Crippen LogP contribution in [0, 0.1) is 11.3 Å². The Labute approximate surface area is 69.8 Å². The monoisotopic (exact) mass is 154 g/mol. The highest BCUT2D eigenvalue weighted by Gasteiger charge is 2.09. The van der Waals surface area contributed by atoms with Crippen molar-refractivity contribution in [3.63, 3.8) is 0 Å². The van der Waals surface area contributed by atoms with Gasteiger partial charge in [-0.05, 0) is 26.4 Å². The first-order valence-corrected chi connectivity index (χ1v) is 4.37. The minimum Gasteiger partial charge on any atom is -0.300 e. The minimum atomic E-state index is 0.421. The van der Waals surface area contributed by atoms with E-state index in [2.05, 4.69) is 31.7 Å². The first-order valence-electron chi connectivity index (χ1n) is 4.37. The molecule has 0 N–H and O–H groups in total. The lowest BCUT2D eigenvalue weighted by molar-refractivity contribution is 0.222. The fraction of sp³-hybridized carbons (Fsp3) is 0.889. The van der Waals surface area contributed by atoms with Gasteiger partial charge in [0.05, 0.1) is 12.5 Å². The Kier molecular flexibility index (Phi) is 5.87. The number of hydrogen-bond donors (Lipinski definition) is 0. The summed E-state index contributed by atoms with van der Waals surface area (Å²) in [6.45, 7) is 8.59. The van der Waals surface area contributed by atoms with Crippen LogP contribution in [-0.4, -0.2) is 24.0 Å². The normalized spacial score (nSPS) is 13.0. The Morgan fingerprint density at radius 2 is 2.09 bits per heavy atom. The van der Waals surface area contributed by atoms with E-state index in [0.29, 0.717) is 12.5 Å². The molecule has 0 radical (unpaired) electrons. The highest BCUT2D eigenvalue weighted by molar-refractivity contribution is 4.78. The molecule has 11 heavy (non-hydrogen) atoms. The zero-order valence-electron chi connectivity index (χ0n) is 7.80. The second-order valence-electron chi connectivity index (χ2n) is 2.84. The molecule has 2 heteroatoms. The fourth-order valence-electron chi connectivity index (χ4n) is 1.24. The molecule has 64 valence electrons. The number of rotatable bonds is 5. The topological polar surface area (TPSA) is 27.0 Å². The summed E-state index contributed by atoms with van der Waals surface area (Å²) >= 11 is 0. The Morgan fingerprint density at radius 3 is 2.45 bits per heavy atom. The summed E-state index contributed by atoms with van der Waals surface area (Å²) in [7, 11) is 0. The highest BCUT2D eigenvalue weighted by atomic mass is 15.1. The summed E-state index contributed by atoms with van der Waals surface area (Å²) < 4.78 is 0. The molecule has 0 bridgehead atoms. The van der Waals surface area contributed by atoms with Crippen LogP contribution in [0.5, 0.6) is 0 Å². The van der Waals surface area contributed by atoms with Crippen LogP contribution >= 0.6 is 0 Å². The first kappa shape index (κ1) is 10.4. The third-order valence-electron chi connectivity index (χ3n) is 1.93. The molecular formula is C9H18N2. The number of nitrogens with zero attached hydrogens (tertiary/aromatic N) is 2. The van der Waals surface area contributed by atoms with E-state index in [9.17, 15) is 0 Å². The van der Waals surface area contributed by atoms with E-state index in [0.717, 1.165) is 13.1 Å². The predicted molar refractivity (Wildman–Crippen MR) is 47.2 cm³/mol. The third-order valence-corrected chi connectivity index (χ3v) is 1.93. The predicted octanol–water partition coefficient (Wildman–Crippen LogP) is 2.02. The molecule has 0 aromatic rings. The Bertz CT molecular complexity index is 126. The van der Waals surface area contributed by atoms with Crippen molar-refractivity contribution in [2.45, 2.75) is 39.7 Å². The molecule has 0 heterocycles. The molecule has 2 nitrogen and oxygen atoms in total. The largest absolute Gasteiger partial charge is 0.300 e. The van der Waals surface area contributed by atoms with Crippen molar-refractivity contribution in [1.82, 2.24) is 4.90 Å². The Morgan fingerprint density at radius 1 is 1.45 bits per heavy atom. The van der Waals surface area contributed by atoms with E-state index in [1.807, 2.05) is 0 Å². The van der Waals surface area contributed by atoms with Gasteiger partial charge in [0.1, 0.15) is 0 Å². The summed E-state index contributed by atoms with van der Waals surface area (Å²) in [5.74, 6) is 0. The van der Waals surface area contributed by atoms with Crippen molar-refractivity contribution in [1.29, 1.82) is 5.26 Å². The maximum Gasteiger partial charge on any atom is 0.0638 e. The lowest BCUT2D eigenvalue weighted by Crippen LogP contribution is -2.33. The molecule has 0 fully saturated rings. The van der Waals surface area contributed by atoms with Gasteiger partial charge in [0, 0.05) is 6.04 Å². The second kappa shape index (κ2) is 6.18. The van der Waals surface area contributed by atoms with Crippen molar-refractivity contribution < 1.29 is 0 Å². The van der Waals surface area contributed by atoms with Crippen LogP contribution in [0.25, 0.3) is 0 Å². The summed E-state index contributed by atoms with van der Waals surface area (Å²) in [6.07, 6.45) is 1.82. The molecule has 1 atom stereocenters. The lowest BCUT2D eigenvalue weighted by atomic mass is 10.2. The van der Waals surface area contributed by atoms with Gasteiger partial charge in [0.15, 0.2) is 0 Å². The Hall–Kier alpha value is -0.550. The van der Waals surface area contributed by atoms with Crippen LogP contribution in [-0.2, 0) is 0 Å². The van der Waals surface area contributed by atoms with Crippen LogP contribution in [0.3, 0.4) is 0 Å². The summed E-state index contributed by atoms with van der Waals surface area (Å²) in [4.78, 5) is 2.34. The van der Waals surface area contributed by atoms with Crippen molar-refractivity contribution in [2.75, 3.05) is 13.1 Å². The van der Waals surface area contributed by atoms with Gasteiger partial charge in [0.2, 0.25) is 0 Å². The maximum absolute atomic E-state index is 8.47. The van der Waals surface area contributed by atoms with Crippen LogP contribution < -0.4 is 0 Å². The van der Waals surface area contributed by atoms with E-state index in [1.165, 1.54) is 6.42 Å². The molecule has 0 saturated heterocycles. The summed E-state index contributed by atoms with van der Waals surface area (Å²) in [5, 5.41) is 8.47. The molecule has 0 saturated carbocycles. The zero-order chi connectivity index (χ0) is 8.69. The molecule has 0 aliphatic heterocycles. The molecule has 0 aromatic carbocycles. The summed E-state index contributed by atoms with van der Waals surface area (Å²) in [6, 6.07) is 2.62. The molecule has 0 aliphatic carbocycles. The molecule has 1 unspecified atom stereocenters. The van der Waals surface area contributed by atoms with Gasteiger partial charge in [-0.25, -0.2) is 0 Å². The van der Waals surface area contributed by atoms with E-state index in [4.69, 9.17) is 5.26 Å². The van der Waals surface area contributed by atoms with Gasteiger partial charge in [-0.1, -0.05) is 13.8 Å². The lowest BCUT2D eigenvalue weighted by Gasteiger charge is -2.25. The van der Waals surface area contributed by atoms with Crippen LogP contribution in [0.4, 0.5) is 0 Å². The smallest absolute Gasteiger partial charge is 0.0638 e. The summed E-state index contributed by atoms with van der Waals surface area (Å²) in [5.41, 5.74) is 0. The van der Waals surface area contributed by atoms with Gasteiger partial charge in [0.25, 0.3) is 0 Å². The molecule has 0 aliphatic rings. The Balaban J connectivity index is 3.73. The molecule has 0 spiro atoms. The van der Waals surface area contributed by atoms with Gasteiger partial charge in [-0.2, -0.15) is 5.26 Å². The SMILES string of the molecule is CCCN(CC)C(C)CC#N. The quantitative estimate of drug-likeness (QED) is 0.605. The van der Waals surface area contributed by atoms with Crippen LogP contribution in [0.15, 0.2) is 0 Å². The fourth-order valence-corrected chi connectivity index (χ4v) is 1.24. The van der Waals surface area contributed by atoms with Crippen molar-refractivity contribution in [3.05, 3.63) is 0 Å². The maximum atomic E-state index is 8.47. The molecule has 0 amide bonds. The molecular weight excluding hydrogens is 136 g/mol. The minimum absolute atomic E-state index is 0.421. The zero-order valence-corrected chi connectivity index (χ0v) is 7.80. The van der Waals surface area contributed by atoms with Crippen molar-refractivity contribution >= 4 is 0 Å². The van der Waals surface area contributed by atoms with Crippen molar-refractivity contribution in [2.24, 2.45) is 0 Å². The first-order chi connectivity index (χ1) is 5.26. The van der Waals surface area contributed by atoms with E-state index in [-0.39, 0.29) is 0 Å². The second-order valence-corrected chi connectivity index (χ2v) is 2.84. The van der Waals surface area contributed by atoms with Gasteiger partial charge in [-0.15, -0.1) is 0 Å². The van der Waals surface area contributed by atoms with Gasteiger partial charge >= 0.3 is 0 Å². The van der Waals surface area contributed by atoms with E-state index >= 15 is 0 Å². The number of hydrogen-bond acceptors (Lipinski definition) is 2. The van der Waals surface area contributed by atoms with E-state index in [1.54, 1.807) is 0 Å². The molecule has 0 aromatic heterocycles. The van der Waals surface area contributed by atoms with Crippen LogP contribution in [0.2, 0.25) is 0 Å². The average molecular weight is 154 g/mol. The standard InChI is InChI=1S/C9H18N2/c1-4-8-11(5-2)9(3)6-7-10/h9H,4-6,8H2,1-3H3. The van der Waals surface area contributed by atoms with Gasteiger partial charge in [-0.3, -0.25) is 4.90 Å². The van der Waals surface area contributed by atoms with Crippen molar-refractivity contribution in [3.8, 4) is 6.07 Å². The highest BCUT2D eigenvalue weighted by Crippen LogP contribution is 2.02. The van der Waals surface area contributed by atoms with Gasteiger partial charge < -0.3 is 0 Å². The third kappa shape index (κ3) is 4.00.